The van der Waals surface area contributed by atoms with E-state index in [9.17, 15) is 15.0 Å². The number of nitrogens with zero attached hydrogens (tertiary/aromatic N) is 1. The maximum Gasteiger partial charge on any atom is 0.254 e. The van der Waals surface area contributed by atoms with Crippen molar-refractivity contribution in [2.75, 3.05) is 0 Å². The van der Waals surface area contributed by atoms with Crippen LogP contribution in [0.2, 0.25) is 5.02 Å². The zero-order chi connectivity index (χ0) is 12.4. The Labute approximate surface area is 103 Å². The first-order chi connectivity index (χ1) is 8.09. The number of nitrogens with one attached hydrogen (secondary N) is 1. The second kappa shape index (κ2) is 4.89. The summed E-state index contributed by atoms with van der Waals surface area (Å²) >= 11 is 5.80. The number of carbonyl (C=O) groups excluding carboxylic acids is 1. The summed E-state index contributed by atoms with van der Waals surface area (Å²) in [5.41, 5.74) is 0.116. The molecule has 1 fully saturated rings. The van der Waals surface area contributed by atoms with E-state index in [1.807, 2.05) is 0 Å². The molecule has 0 unspecified atom stereocenters. The average Bonchev–Trinajstić information content (AvgIpc) is 2.68. The van der Waals surface area contributed by atoms with Gasteiger partial charge in [-0.25, -0.2) is 0 Å². The third-order valence-corrected chi connectivity index (χ3v) is 3.30. The first-order valence-electron chi connectivity index (χ1n) is 5.41. The summed E-state index contributed by atoms with van der Waals surface area (Å²) in [6.07, 6.45) is 4.27. The van der Waals surface area contributed by atoms with Gasteiger partial charge in [-0.1, -0.05) is 11.6 Å². The first-order valence-corrected chi connectivity index (χ1v) is 5.79. The molecule has 0 aromatic carbocycles. The highest BCUT2D eigenvalue weighted by Crippen LogP contribution is 2.26. The molecule has 0 saturated heterocycles. The van der Waals surface area contributed by atoms with Crippen LogP contribution in [0.5, 0.6) is 5.75 Å². The molecule has 2 rings (SSSR count). The number of aliphatic hydroxyl groups is 1. The Bertz CT molecular complexity index is 439. The van der Waals surface area contributed by atoms with Crippen molar-refractivity contribution in [3.05, 3.63) is 23.0 Å². The molecular weight excluding hydrogens is 244 g/mol. The van der Waals surface area contributed by atoms with Crippen molar-refractivity contribution in [3.63, 3.8) is 0 Å². The number of hydrogen-bond donors (Lipinski definition) is 3. The van der Waals surface area contributed by atoms with Gasteiger partial charge >= 0.3 is 0 Å². The lowest BCUT2D eigenvalue weighted by Crippen LogP contribution is -2.40. The lowest BCUT2D eigenvalue weighted by molar-refractivity contribution is 0.0872. The third-order valence-electron chi connectivity index (χ3n) is 2.90. The number of rotatable bonds is 2. The molecule has 1 aromatic rings. The molecule has 1 saturated carbocycles. The fourth-order valence-corrected chi connectivity index (χ4v) is 2.13. The van der Waals surface area contributed by atoms with Crippen LogP contribution in [0.15, 0.2) is 12.4 Å². The Morgan fingerprint density at radius 1 is 1.47 bits per heavy atom. The van der Waals surface area contributed by atoms with E-state index in [1.54, 1.807) is 0 Å². The molecule has 0 spiro atoms. The number of aromatic nitrogens is 1. The molecule has 1 aliphatic carbocycles. The van der Waals surface area contributed by atoms with E-state index in [2.05, 4.69) is 10.3 Å². The second-order valence-electron chi connectivity index (χ2n) is 4.10. The highest BCUT2D eigenvalue weighted by Gasteiger charge is 2.27. The molecule has 0 aliphatic heterocycles. The fraction of sp³-hybridized carbons (Fsp3) is 0.455. The number of carbonyl (C=O) groups is 1. The van der Waals surface area contributed by atoms with Crippen LogP contribution in [-0.2, 0) is 0 Å². The Balaban J connectivity index is 2.12. The van der Waals surface area contributed by atoms with Crippen LogP contribution in [0.4, 0.5) is 0 Å². The van der Waals surface area contributed by atoms with Crippen molar-refractivity contribution in [2.24, 2.45) is 0 Å². The third kappa shape index (κ3) is 2.50. The zero-order valence-corrected chi connectivity index (χ0v) is 9.81. The Morgan fingerprint density at radius 3 is 2.88 bits per heavy atom. The lowest BCUT2D eigenvalue weighted by Gasteiger charge is -2.16. The lowest BCUT2D eigenvalue weighted by atomic mass is 10.2. The van der Waals surface area contributed by atoms with Gasteiger partial charge in [0.1, 0.15) is 0 Å². The standard InChI is InChI=1S/C11H13ClN2O3/c12-10-6(4-13-5-9(10)16)11(17)14-7-2-1-3-8(7)15/h4-5,7-8,15-16H,1-3H2,(H,14,17)/t7-,8-/m1/s1. The fourth-order valence-electron chi connectivity index (χ4n) is 1.95. The molecule has 1 aliphatic rings. The minimum atomic E-state index is -0.511. The normalized spacial score (nSPS) is 23.6. The summed E-state index contributed by atoms with van der Waals surface area (Å²) < 4.78 is 0. The average molecular weight is 257 g/mol. The van der Waals surface area contributed by atoms with E-state index in [0.717, 1.165) is 12.8 Å². The van der Waals surface area contributed by atoms with Gasteiger partial charge in [0.25, 0.3) is 5.91 Å². The van der Waals surface area contributed by atoms with E-state index in [-0.39, 0.29) is 22.4 Å². The number of hydrogen-bond acceptors (Lipinski definition) is 4. The number of aliphatic hydroxyl groups excluding tert-OH is 1. The van der Waals surface area contributed by atoms with Crippen molar-refractivity contribution in [2.45, 2.75) is 31.4 Å². The summed E-state index contributed by atoms with van der Waals surface area (Å²) in [5, 5.41) is 21.6. The first kappa shape index (κ1) is 12.1. The minimum Gasteiger partial charge on any atom is -0.505 e. The largest absolute Gasteiger partial charge is 0.505 e. The van der Waals surface area contributed by atoms with Gasteiger partial charge in [0, 0.05) is 6.20 Å². The van der Waals surface area contributed by atoms with Gasteiger partial charge < -0.3 is 15.5 Å². The van der Waals surface area contributed by atoms with Crippen LogP contribution >= 0.6 is 11.6 Å². The number of pyridine rings is 1. The molecule has 3 N–H and O–H groups in total. The number of amides is 1. The topological polar surface area (TPSA) is 82.5 Å². The highest BCUT2D eigenvalue weighted by atomic mass is 35.5. The molecule has 2 atom stereocenters. The molecule has 1 heterocycles. The van der Waals surface area contributed by atoms with Gasteiger partial charge in [0.05, 0.1) is 28.9 Å². The molecular formula is C11H13ClN2O3. The van der Waals surface area contributed by atoms with Gasteiger partial charge in [0.15, 0.2) is 5.75 Å². The van der Waals surface area contributed by atoms with E-state index in [0.29, 0.717) is 6.42 Å². The molecule has 0 radical (unpaired) electrons. The van der Waals surface area contributed by atoms with E-state index in [1.165, 1.54) is 12.4 Å². The zero-order valence-electron chi connectivity index (χ0n) is 9.06. The molecule has 1 aromatic heterocycles. The summed E-state index contributed by atoms with van der Waals surface area (Å²) in [6, 6.07) is -0.249. The van der Waals surface area contributed by atoms with Gasteiger partial charge in [-0.3, -0.25) is 9.78 Å². The van der Waals surface area contributed by atoms with Crippen molar-refractivity contribution in [1.29, 1.82) is 0 Å². The molecule has 92 valence electrons. The smallest absolute Gasteiger partial charge is 0.254 e. The SMILES string of the molecule is O=C(N[C@@H]1CCC[C@H]1O)c1cncc(O)c1Cl. The minimum absolute atomic E-state index is 0.0232. The van der Waals surface area contributed by atoms with Crippen LogP contribution in [0, 0.1) is 0 Å². The number of aromatic hydroxyl groups is 1. The second-order valence-corrected chi connectivity index (χ2v) is 4.48. The van der Waals surface area contributed by atoms with Gasteiger partial charge in [-0.2, -0.15) is 0 Å². The van der Waals surface area contributed by atoms with Crippen molar-refractivity contribution >= 4 is 17.5 Å². The monoisotopic (exact) mass is 256 g/mol. The van der Waals surface area contributed by atoms with Crippen molar-refractivity contribution < 1.29 is 15.0 Å². The van der Waals surface area contributed by atoms with Crippen LogP contribution in [-0.4, -0.2) is 33.3 Å². The summed E-state index contributed by atoms with van der Waals surface area (Å²) in [4.78, 5) is 15.6. The van der Waals surface area contributed by atoms with Crippen LogP contribution in [0.1, 0.15) is 29.6 Å². The van der Waals surface area contributed by atoms with Crippen LogP contribution in [0.25, 0.3) is 0 Å². The molecule has 17 heavy (non-hydrogen) atoms. The van der Waals surface area contributed by atoms with Gasteiger partial charge in [-0.15, -0.1) is 0 Å². The summed E-state index contributed by atoms with van der Waals surface area (Å²) in [5.74, 6) is -0.657. The summed E-state index contributed by atoms with van der Waals surface area (Å²) in [7, 11) is 0. The Morgan fingerprint density at radius 2 is 2.24 bits per heavy atom. The molecule has 1 amide bonds. The van der Waals surface area contributed by atoms with E-state index < -0.39 is 12.0 Å². The Kier molecular flexibility index (Phi) is 3.49. The quantitative estimate of drug-likeness (QED) is 0.740. The predicted molar refractivity (Wildman–Crippen MR) is 62.0 cm³/mol. The van der Waals surface area contributed by atoms with E-state index in [4.69, 9.17) is 11.6 Å². The van der Waals surface area contributed by atoms with Crippen molar-refractivity contribution in [3.8, 4) is 5.75 Å². The maximum absolute atomic E-state index is 11.9. The van der Waals surface area contributed by atoms with Crippen LogP contribution < -0.4 is 5.32 Å². The number of halogens is 1. The highest BCUT2D eigenvalue weighted by molar-refractivity contribution is 6.35. The Hall–Kier alpha value is -1.33. The summed E-state index contributed by atoms with van der Waals surface area (Å²) in [6.45, 7) is 0. The molecule has 6 heteroatoms. The van der Waals surface area contributed by atoms with Gasteiger partial charge in [-0.05, 0) is 19.3 Å². The maximum atomic E-state index is 11.9. The molecule has 0 bridgehead atoms. The molecule has 5 nitrogen and oxygen atoms in total. The van der Waals surface area contributed by atoms with E-state index >= 15 is 0 Å². The predicted octanol–water partition coefficient (Wildman–Crippen LogP) is 1.08. The van der Waals surface area contributed by atoms with Crippen LogP contribution in [0.3, 0.4) is 0 Å². The van der Waals surface area contributed by atoms with Gasteiger partial charge in [0.2, 0.25) is 0 Å². The van der Waals surface area contributed by atoms with Crippen molar-refractivity contribution in [1.82, 2.24) is 10.3 Å².